The third-order valence-corrected chi connectivity index (χ3v) is 6.90. The predicted octanol–water partition coefficient (Wildman–Crippen LogP) is 1.74. The first-order chi connectivity index (χ1) is 14.4. The topological polar surface area (TPSA) is 143 Å². The lowest BCUT2D eigenvalue weighted by Gasteiger charge is -2.38. The Bertz CT molecular complexity index is 575. The molecule has 9 heteroatoms. The normalized spacial score (nSPS) is 40.0. The third-order valence-electron chi connectivity index (χ3n) is 6.90. The first-order valence-electron chi connectivity index (χ1n) is 11.1. The standard InChI is InChI=1S/C21H34O9/c22-13-3-8-17(20(24)25)18(9-13)21(26)30-16-6-4-15(5-7-16)29-19-10-14(23)2-1-12(19)11-28-27/h12-19,22-23,27H,1-11H2,(H,24,25). The summed E-state index contributed by atoms with van der Waals surface area (Å²) in [6.45, 7) is 0.183. The van der Waals surface area contributed by atoms with E-state index in [9.17, 15) is 24.9 Å². The zero-order chi connectivity index (χ0) is 21.7. The molecule has 0 bridgehead atoms. The average Bonchev–Trinajstić information content (AvgIpc) is 2.71. The SMILES string of the molecule is O=C(O)C1CCC(O)CC1C(=O)OC1CCC(OC2CC(O)CCC2COO)CC1. The van der Waals surface area contributed by atoms with Gasteiger partial charge in [-0.25, -0.2) is 4.89 Å². The number of carbonyl (C=O) groups is 2. The molecule has 6 unspecified atom stereocenters. The van der Waals surface area contributed by atoms with Crippen molar-refractivity contribution in [2.75, 3.05) is 6.61 Å². The molecule has 0 amide bonds. The molecule has 0 saturated heterocycles. The van der Waals surface area contributed by atoms with Crippen LogP contribution < -0.4 is 0 Å². The fraction of sp³-hybridized carbons (Fsp3) is 0.905. The Hall–Kier alpha value is -1.26. The smallest absolute Gasteiger partial charge is 0.310 e. The first kappa shape index (κ1) is 23.4. The van der Waals surface area contributed by atoms with Crippen molar-refractivity contribution in [3.8, 4) is 0 Å². The summed E-state index contributed by atoms with van der Waals surface area (Å²) >= 11 is 0. The quantitative estimate of drug-likeness (QED) is 0.270. The fourth-order valence-electron chi connectivity index (χ4n) is 5.11. The Kier molecular flexibility index (Phi) is 8.47. The first-order valence-corrected chi connectivity index (χ1v) is 11.1. The van der Waals surface area contributed by atoms with Gasteiger partial charge in [-0.1, -0.05) is 0 Å². The van der Waals surface area contributed by atoms with Crippen LogP contribution in [0.25, 0.3) is 0 Å². The van der Waals surface area contributed by atoms with Crippen LogP contribution in [0.1, 0.15) is 64.2 Å². The maximum Gasteiger partial charge on any atom is 0.310 e. The summed E-state index contributed by atoms with van der Waals surface area (Å²) in [5, 5.41) is 37.9. The summed E-state index contributed by atoms with van der Waals surface area (Å²) in [6.07, 6.45) is 3.84. The van der Waals surface area contributed by atoms with Crippen molar-refractivity contribution in [2.24, 2.45) is 17.8 Å². The molecule has 3 fully saturated rings. The highest BCUT2D eigenvalue weighted by Crippen LogP contribution is 2.35. The van der Waals surface area contributed by atoms with E-state index in [0.717, 1.165) is 6.42 Å². The van der Waals surface area contributed by atoms with Gasteiger partial charge in [0.2, 0.25) is 0 Å². The highest BCUT2D eigenvalue weighted by Gasteiger charge is 2.41. The number of rotatable bonds is 7. The lowest BCUT2D eigenvalue weighted by molar-refractivity contribution is -0.262. The van der Waals surface area contributed by atoms with Crippen molar-refractivity contribution in [1.82, 2.24) is 0 Å². The molecule has 0 heterocycles. The molecular weight excluding hydrogens is 396 g/mol. The maximum atomic E-state index is 12.6. The molecule has 3 saturated carbocycles. The second-order valence-corrected chi connectivity index (χ2v) is 9.05. The highest BCUT2D eigenvalue weighted by atomic mass is 17.1. The van der Waals surface area contributed by atoms with E-state index in [2.05, 4.69) is 4.89 Å². The van der Waals surface area contributed by atoms with Gasteiger partial charge in [0.05, 0.1) is 42.9 Å². The van der Waals surface area contributed by atoms with Crippen molar-refractivity contribution in [3.63, 3.8) is 0 Å². The molecule has 3 aliphatic carbocycles. The van der Waals surface area contributed by atoms with Crippen LogP contribution in [0.5, 0.6) is 0 Å². The summed E-state index contributed by atoms with van der Waals surface area (Å²) in [4.78, 5) is 28.3. The van der Waals surface area contributed by atoms with Crippen molar-refractivity contribution < 1.29 is 44.5 Å². The Labute approximate surface area is 176 Å². The van der Waals surface area contributed by atoms with Crippen molar-refractivity contribution in [3.05, 3.63) is 0 Å². The Balaban J connectivity index is 1.46. The van der Waals surface area contributed by atoms with Crippen LogP contribution in [0, 0.1) is 17.8 Å². The van der Waals surface area contributed by atoms with Crippen LogP contribution in [-0.2, 0) is 24.0 Å². The van der Waals surface area contributed by atoms with E-state index in [4.69, 9.17) is 14.7 Å². The van der Waals surface area contributed by atoms with Crippen LogP contribution in [-0.4, -0.2) is 69.6 Å². The number of hydrogen-bond acceptors (Lipinski definition) is 8. The molecule has 30 heavy (non-hydrogen) atoms. The van der Waals surface area contributed by atoms with Gasteiger partial charge in [-0.05, 0) is 64.2 Å². The van der Waals surface area contributed by atoms with E-state index >= 15 is 0 Å². The van der Waals surface area contributed by atoms with E-state index in [1.165, 1.54) is 0 Å². The molecule has 0 aromatic rings. The van der Waals surface area contributed by atoms with Crippen molar-refractivity contribution in [2.45, 2.75) is 94.7 Å². The number of aliphatic carboxylic acids is 1. The molecular formula is C21H34O9. The summed E-state index contributed by atoms with van der Waals surface area (Å²) in [6, 6.07) is 0. The molecule has 4 N–H and O–H groups in total. The second-order valence-electron chi connectivity index (χ2n) is 9.05. The lowest BCUT2D eigenvalue weighted by atomic mass is 9.78. The Morgan fingerprint density at radius 1 is 0.800 bits per heavy atom. The Morgan fingerprint density at radius 3 is 2.10 bits per heavy atom. The number of carbonyl (C=O) groups excluding carboxylic acids is 1. The molecule has 172 valence electrons. The molecule has 0 aromatic heterocycles. The van der Waals surface area contributed by atoms with Crippen molar-refractivity contribution in [1.29, 1.82) is 0 Å². The minimum absolute atomic E-state index is 0.0142. The van der Waals surface area contributed by atoms with Gasteiger partial charge in [-0.15, -0.1) is 0 Å². The predicted molar refractivity (Wildman–Crippen MR) is 103 cm³/mol. The molecule has 0 radical (unpaired) electrons. The summed E-state index contributed by atoms with van der Waals surface area (Å²) in [7, 11) is 0. The zero-order valence-corrected chi connectivity index (χ0v) is 17.2. The molecule has 3 rings (SSSR count). The van der Waals surface area contributed by atoms with Gasteiger partial charge in [0.25, 0.3) is 0 Å². The molecule has 9 nitrogen and oxygen atoms in total. The van der Waals surface area contributed by atoms with Gasteiger partial charge >= 0.3 is 11.9 Å². The fourth-order valence-corrected chi connectivity index (χ4v) is 5.11. The van der Waals surface area contributed by atoms with Crippen molar-refractivity contribution >= 4 is 11.9 Å². The number of aliphatic hydroxyl groups is 2. The molecule has 0 aromatic carbocycles. The van der Waals surface area contributed by atoms with Gasteiger partial charge < -0.3 is 24.8 Å². The maximum absolute atomic E-state index is 12.6. The molecule has 6 atom stereocenters. The van der Waals surface area contributed by atoms with Gasteiger partial charge in [0.15, 0.2) is 0 Å². The van der Waals surface area contributed by atoms with E-state index < -0.39 is 36.0 Å². The van der Waals surface area contributed by atoms with Crippen LogP contribution in [0.4, 0.5) is 0 Å². The van der Waals surface area contributed by atoms with E-state index in [1.54, 1.807) is 0 Å². The number of ether oxygens (including phenoxy) is 2. The number of esters is 1. The summed E-state index contributed by atoms with van der Waals surface area (Å²) in [5.41, 5.74) is 0. The minimum Gasteiger partial charge on any atom is -0.481 e. The van der Waals surface area contributed by atoms with E-state index in [0.29, 0.717) is 44.9 Å². The largest absolute Gasteiger partial charge is 0.481 e. The second kappa shape index (κ2) is 10.9. The van der Waals surface area contributed by atoms with Crippen LogP contribution in [0.15, 0.2) is 0 Å². The van der Waals surface area contributed by atoms with E-state index in [-0.39, 0.29) is 43.7 Å². The zero-order valence-electron chi connectivity index (χ0n) is 17.2. The summed E-state index contributed by atoms with van der Waals surface area (Å²) < 4.78 is 11.8. The Morgan fingerprint density at radius 2 is 1.43 bits per heavy atom. The average molecular weight is 430 g/mol. The lowest BCUT2D eigenvalue weighted by Crippen LogP contribution is -2.41. The number of carboxylic acids is 1. The van der Waals surface area contributed by atoms with E-state index in [1.807, 2.05) is 0 Å². The monoisotopic (exact) mass is 430 g/mol. The van der Waals surface area contributed by atoms with Crippen LogP contribution in [0.2, 0.25) is 0 Å². The number of aliphatic hydroxyl groups excluding tert-OH is 2. The van der Waals surface area contributed by atoms with Gasteiger partial charge in [0, 0.05) is 5.92 Å². The van der Waals surface area contributed by atoms with Crippen LogP contribution in [0.3, 0.4) is 0 Å². The molecule has 0 spiro atoms. The minimum atomic E-state index is -1.02. The summed E-state index contributed by atoms with van der Waals surface area (Å²) in [5.74, 6) is -3.11. The number of hydrogen-bond donors (Lipinski definition) is 4. The van der Waals surface area contributed by atoms with Gasteiger partial charge in [-0.3, -0.25) is 14.8 Å². The third kappa shape index (κ3) is 6.13. The number of carboxylic acid groups (broad SMARTS) is 1. The molecule has 3 aliphatic rings. The highest BCUT2D eigenvalue weighted by molar-refractivity contribution is 5.81. The molecule has 0 aliphatic heterocycles. The van der Waals surface area contributed by atoms with Gasteiger partial charge in [-0.2, -0.15) is 0 Å². The van der Waals surface area contributed by atoms with Gasteiger partial charge in [0.1, 0.15) is 6.10 Å². The van der Waals surface area contributed by atoms with Crippen LogP contribution >= 0.6 is 0 Å².